The first-order valence-electron chi connectivity index (χ1n) is 11.0. The van der Waals surface area contributed by atoms with Crippen molar-refractivity contribution in [2.45, 2.75) is 13.0 Å². The second-order valence-electron chi connectivity index (χ2n) is 8.09. The smallest absolute Gasteiger partial charge is 0.261 e. The van der Waals surface area contributed by atoms with Gasteiger partial charge in [0, 0.05) is 31.5 Å². The highest BCUT2D eigenvalue weighted by molar-refractivity contribution is 7.17. The Morgan fingerprint density at radius 1 is 1.15 bits per heavy atom. The lowest BCUT2D eigenvalue weighted by Gasteiger charge is -2.27. The number of morpholine rings is 1. The second-order valence-corrected chi connectivity index (χ2v) is 9.00. The van der Waals surface area contributed by atoms with Crippen LogP contribution in [0.5, 0.6) is 0 Å². The molecule has 0 aromatic carbocycles. The van der Waals surface area contributed by atoms with Crippen molar-refractivity contribution < 1.29 is 4.74 Å². The van der Waals surface area contributed by atoms with Crippen LogP contribution in [-0.4, -0.2) is 56.2 Å². The number of rotatable bonds is 5. The Labute approximate surface area is 198 Å². The molecule has 5 aromatic rings. The van der Waals surface area contributed by atoms with Crippen LogP contribution in [0.1, 0.15) is 18.8 Å². The van der Waals surface area contributed by atoms with E-state index >= 15 is 0 Å². The van der Waals surface area contributed by atoms with Gasteiger partial charge in [-0.05, 0) is 24.4 Å². The van der Waals surface area contributed by atoms with Crippen LogP contribution < -0.4 is 15.8 Å². The molecule has 11 heteroatoms. The van der Waals surface area contributed by atoms with Crippen molar-refractivity contribution in [1.29, 1.82) is 0 Å². The van der Waals surface area contributed by atoms with Crippen LogP contribution in [0, 0.1) is 0 Å². The highest BCUT2D eigenvalue weighted by Gasteiger charge is 2.22. The standard InChI is InChI=1S/C23H22N8O2S/c1-13(21-24-4-2-5-25-21)27-19-18(23(32)30-14-3-10-34-20(14)19)22-28-15-11-17(26-12-16(15)29-22)31-6-8-33-9-7-31/h2-5,10-13H,6-9H2,1H3,(H,28,29)(H2,27,30,32). The number of H-pyrrole nitrogens is 2. The largest absolute Gasteiger partial charge is 0.378 e. The minimum atomic E-state index is -0.227. The van der Waals surface area contributed by atoms with Gasteiger partial charge in [0.05, 0.1) is 52.4 Å². The number of anilines is 2. The van der Waals surface area contributed by atoms with E-state index in [4.69, 9.17) is 9.72 Å². The van der Waals surface area contributed by atoms with E-state index in [1.807, 2.05) is 24.4 Å². The van der Waals surface area contributed by atoms with Gasteiger partial charge in [-0.25, -0.2) is 19.9 Å². The molecule has 0 amide bonds. The molecule has 34 heavy (non-hydrogen) atoms. The van der Waals surface area contributed by atoms with Crippen LogP contribution in [0.15, 0.2) is 47.0 Å². The Bertz CT molecular complexity index is 1520. The molecular formula is C23H22N8O2S. The minimum Gasteiger partial charge on any atom is -0.378 e. The van der Waals surface area contributed by atoms with Gasteiger partial charge >= 0.3 is 0 Å². The average Bonchev–Trinajstić information content (AvgIpc) is 3.51. The number of nitrogens with one attached hydrogen (secondary N) is 3. The van der Waals surface area contributed by atoms with Crippen molar-refractivity contribution in [3.8, 4) is 11.4 Å². The van der Waals surface area contributed by atoms with Gasteiger partial charge in [-0.1, -0.05) is 0 Å². The number of fused-ring (bicyclic) bond motifs is 2. The monoisotopic (exact) mass is 474 g/mol. The predicted molar refractivity (Wildman–Crippen MR) is 132 cm³/mol. The minimum absolute atomic E-state index is 0.217. The fraction of sp³-hybridized carbons (Fsp3) is 0.261. The van der Waals surface area contributed by atoms with Crippen molar-refractivity contribution in [3.05, 3.63) is 58.3 Å². The highest BCUT2D eigenvalue weighted by atomic mass is 32.1. The Balaban J connectivity index is 1.45. The number of hydrogen-bond acceptors (Lipinski definition) is 9. The summed E-state index contributed by atoms with van der Waals surface area (Å²) in [6.07, 6.45) is 5.18. The number of pyridine rings is 2. The lowest BCUT2D eigenvalue weighted by molar-refractivity contribution is 0.122. The molecule has 1 atom stereocenters. The van der Waals surface area contributed by atoms with E-state index < -0.39 is 0 Å². The molecule has 5 aromatic heterocycles. The Kier molecular flexibility index (Phi) is 5.19. The first-order chi connectivity index (χ1) is 16.7. The van der Waals surface area contributed by atoms with Crippen molar-refractivity contribution in [2.24, 2.45) is 0 Å². The molecule has 3 N–H and O–H groups in total. The number of thiophene rings is 1. The molecule has 1 aliphatic heterocycles. The molecule has 10 nitrogen and oxygen atoms in total. The molecular weight excluding hydrogens is 452 g/mol. The number of hydrogen-bond donors (Lipinski definition) is 3. The van der Waals surface area contributed by atoms with E-state index in [9.17, 15) is 4.79 Å². The van der Waals surface area contributed by atoms with Crippen molar-refractivity contribution in [2.75, 3.05) is 36.5 Å². The number of imidazole rings is 1. The van der Waals surface area contributed by atoms with Gasteiger partial charge in [0.1, 0.15) is 23.0 Å². The van der Waals surface area contributed by atoms with E-state index in [1.165, 1.54) is 0 Å². The third kappa shape index (κ3) is 3.68. The maximum Gasteiger partial charge on any atom is 0.261 e. The summed E-state index contributed by atoms with van der Waals surface area (Å²) in [6.45, 7) is 4.91. The quantitative estimate of drug-likeness (QED) is 0.354. The summed E-state index contributed by atoms with van der Waals surface area (Å²) in [5.74, 6) is 1.98. The summed E-state index contributed by atoms with van der Waals surface area (Å²) in [7, 11) is 0. The average molecular weight is 475 g/mol. The summed E-state index contributed by atoms with van der Waals surface area (Å²) in [4.78, 5) is 39.8. The third-order valence-corrected chi connectivity index (χ3v) is 6.81. The third-order valence-electron chi connectivity index (χ3n) is 5.88. The number of aromatic nitrogens is 6. The molecule has 0 radical (unpaired) electrons. The van der Waals surface area contributed by atoms with Crippen molar-refractivity contribution in [3.63, 3.8) is 0 Å². The molecule has 0 aliphatic carbocycles. The summed E-state index contributed by atoms with van der Waals surface area (Å²) in [5, 5.41) is 5.43. The topological polar surface area (TPSA) is 125 Å². The zero-order chi connectivity index (χ0) is 23.1. The molecule has 1 aliphatic rings. The fourth-order valence-electron chi connectivity index (χ4n) is 4.17. The van der Waals surface area contributed by atoms with Crippen LogP contribution >= 0.6 is 11.3 Å². The number of aromatic amines is 2. The van der Waals surface area contributed by atoms with Gasteiger partial charge in [-0.15, -0.1) is 11.3 Å². The van der Waals surface area contributed by atoms with Gasteiger partial charge in [0.15, 0.2) is 0 Å². The predicted octanol–water partition coefficient (Wildman–Crippen LogP) is 3.33. The van der Waals surface area contributed by atoms with Crippen LogP contribution in [0.2, 0.25) is 0 Å². The summed E-state index contributed by atoms with van der Waals surface area (Å²) in [6, 6.07) is 5.41. The summed E-state index contributed by atoms with van der Waals surface area (Å²) in [5.41, 5.74) is 3.21. The highest BCUT2D eigenvalue weighted by Crippen LogP contribution is 2.36. The van der Waals surface area contributed by atoms with E-state index in [1.54, 1.807) is 36.0 Å². The zero-order valence-corrected chi connectivity index (χ0v) is 19.2. The lowest BCUT2D eigenvalue weighted by Crippen LogP contribution is -2.36. The molecule has 6 rings (SSSR count). The Morgan fingerprint density at radius 2 is 1.97 bits per heavy atom. The van der Waals surface area contributed by atoms with Crippen LogP contribution in [0.25, 0.3) is 32.6 Å². The Hall–Kier alpha value is -3.83. The van der Waals surface area contributed by atoms with E-state index in [-0.39, 0.29) is 11.6 Å². The first-order valence-corrected chi connectivity index (χ1v) is 11.9. The molecule has 0 spiro atoms. The van der Waals surface area contributed by atoms with Gasteiger partial charge < -0.3 is 24.9 Å². The SMILES string of the molecule is CC(Nc1c(-c2nc3cc(N4CCOCC4)ncc3[nH]2)c(=O)[nH]c2ccsc12)c1ncccn1. The summed E-state index contributed by atoms with van der Waals surface area (Å²) < 4.78 is 6.38. The van der Waals surface area contributed by atoms with Gasteiger partial charge in [-0.3, -0.25) is 4.79 Å². The molecule has 1 unspecified atom stereocenters. The molecule has 0 bridgehead atoms. The fourth-order valence-corrected chi connectivity index (χ4v) is 5.04. The van der Waals surface area contributed by atoms with Gasteiger partial charge in [0.25, 0.3) is 5.56 Å². The van der Waals surface area contributed by atoms with Crippen molar-refractivity contribution >= 4 is 44.1 Å². The summed E-state index contributed by atoms with van der Waals surface area (Å²) >= 11 is 1.55. The zero-order valence-electron chi connectivity index (χ0n) is 18.4. The molecule has 0 saturated carbocycles. The first kappa shape index (κ1) is 20.8. The molecule has 1 saturated heterocycles. The molecule has 172 valence electrons. The molecule has 1 fully saturated rings. The number of ether oxygens (including phenoxy) is 1. The van der Waals surface area contributed by atoms with Crippen LogP contribution in [-0.2, 0) is 4.74 Å². The van der Waals surface area contributed by atoms with Crippen LogP contribution in [0.4, 0.5) is 11.5 Å². The number of nitrogens with zero attached hydrogens (tertiary/aromatic N) is 5. The molecule has 6 heterocycles. The van der Waals surface area contributed by atoms with Crippen LogP contribution in [0.3, 0.4) is 0 Å². The second kappa shape index (κ2) is 8.50. The van der Waals surface area contributed by atoms with E-state index in [0.717, 1.165) is 40.2 Å². The lowest BCUT2D eigenvalue weighted by atomic mass is 10.1. The van der Waals surface area contributed by atoms with Gasteiger partial charge in [-0.2, -0.15) is 0 Å². The maximum absolute atomic E-state index is 13.2. The van der Waals surface area contributed by atoms with E-state index in [0.29, 0.717) is 36.1 Å². The van der Waals surface area contributed by atoms with Crippen molar-refractivity contribution in [1.82, 2.24) is 29.9 Å². The van der Waals surface area contributed by atoms with Gasteiger partial charge in [0.2, 0.25) is 0 Å². The van der Waals surface area contributed by atoms with E-state index in [2.05, 4.69) is 35.1 Å². The Morgan fingerprint density at radius 3 is 2.79 bits per heavy atom. The normalized spacial score (nSPS) is 15.1. The maximum atomic E-state index is 13.2.